The molecule has 0 amide bonds. The van der Waals surface area contributed by atoms with Gasteiger partial charge in [0.15, 0.2) is 0 Å². The van der Waals surface area contributed by atoms with Crippen LogP contribution in [0.2, 0.25) is 0 Å². The third kappa shape index (κ3) is 4.88. The first-order chi connectivity index (χ1) is 3.27. The van der Waals surface area contributed by atoms with Crippen molar-refractivity contribution in [1.29, 1.82) is 0 Å². The number of carbonyl (C=O) groups excluding carboxylic acids is 1. The highest BCUT2D eigenvalue weighted by Crippen LogP contribution is 1.64. The molecule has 0 saturated heterocycles. The van der Waals surface area contributed by atoms with E-state index in [0.29, 0.717) is 6.29 Å². The molecule has 3 nitrogen and oxygen atoms in total. The second kappa shape index (κ2) is 3.08. The van der Waals surface area contributed by atoms with E-state index in [1.165, 1.54) is 0 Å². The maximum absolute atomic E-state index is 9.51. The highest BCUT2D eigenvalue weighted by Gasteiger charge is 1.79. The van der Waals surface area contributed by atoms with Gasteiger partial charge in [-0.15, -0.1) is 0 Å². The van der Waals surface area contributed by atoms with Crippen LogP contribution in [0.15, 0.2) is 12.2 Å². The van der Waals surface area contributed by atoms with Crippen molar-refractivity contribution in [2.75, 3.05) is 0 Å². The van der Waals surface area contributed by atoms with E-state index < -0.39 is 5.97 Å². The minimum atomic E-state index is -1.10. The molecule has 0 heterocycles. The van der Waals surface area contributed by atoms with Gasteiger partial charge in [0.1, 0.15) is 6.29 Å². The van der Waals surface area contributed by atoms with Crippen LogP contribution in [0.5, 0.6) is 0 Å². The van der Waals surface area contributed by atoms with Crippen molar-refractivity contribution < 1.29 is 14.7 Å². The summed E-state index contributed by atoms with van der Waals surface area (Å²) >= 11 is 0. The summed E-state index contributed by atoms with van der Waals surface area (Å²) in [6, 6.07) is 0. The zero-order valence-corrected chi connectivity index (χ0v) is 3.50. The lowest BCUT2D eigenvalue weighted by atomic mass is 10.5. The summed E-state index contributed by atoms with van der Waals surface area (Å²) in [7, 11) is 0. The van der Waals surface area contributed by atoms with Gasteiger partial charge < -0.3 is 5.11 Å². The molecule has 0 saturated carbocycles. The van der Waals surface area contributed by atoms with Crippen LogP contribution < -0.4 is 0 Å². The number of carboxylic acids is 1. The average molecular weight is 100 g/mol. The van der Waals surface area contributed by atoms with Gasteiger partial charge in [0, 0.05) is 6.08 Å². The number of rotatable bonds is 2. The first-order valence-electron chi connectivity index (χ1n) is 1.62. The zero-order chi connectivity index (χ0) is 5.70. The molecule has 0 bridgehead atoms. The largest absolute Gasteiger partial charge is 0.478 e. The number of aldehydes is 1. The standard InChI is InChI=1S/C4H4O3/c5-3-1-2-4(6)7/h1-3H,(H,6,7). The van der Waals surface area contributed by atoms with Crippen LogP contribution in [0.25, 0.3) is 0 Å². The fourth-order valence-corrected chi connectivity index (χ4v) is 0.122. The first kappa shape index (κ1) is 5.88. The van der Waals surface area contributed by atoms with Crippen LogP contribution >= 0.6 is 0 Å². The van der Waals surface area contributed by atoms with E-state index in [2.05, 4.69) is 0 Å². The minimum absolute atomic E-state index is 0.411. The van der Waals surface area contributed by atoms with Crippen LogP contribution in [0.1, 0.15) is 0 Å². The van der Waals surface area contributed by atoms with Gasteiger partial charge in [-0.25, -0.2) is 4.79 Å². The van der Waals surface area contributed by atoms with Gasteiger partial charge in [-0.2, -0.15) is 0 Å². The van der Waals surface area contributed by atoms with Gasteiger partial charge in [-0.3, -0.25) is 4.79 Å². The molecule has 38 valence electrons. The molecule has 0 atom stereocenters. The molecule has 0 aromatic heterocycles. The van der Waals surface area contributed by atoms with Gasteiger partial charge in [0.25, 0.3) is 0 Å². The summed E-state index contributed by atoms with van der Waals surface area (Å²) in [4.78, 5) is 18.9. The summed E-state index contributed by atoms with van der Waals surface area (Å²) in [5.41, 5.74) is 0. The fraction of sp³-hybridized carbons (Fsp3) is 0. The Hall–Kier alpha value is -1.12. The Morgan fingerprint density at radius 1 is 1.57 bits per heavy atom. The van der Waals surface area contributed by atoms with Gasteiger partial charge in [-0.05, 0) is 6.08 Å². The van der Waals surface area contributed by atoms with E-state index in [0.717, 1.165) is 12.2 Å². The van der Waals surface area contributed by atoms with Crippen LogP contribution in [-0.4, -0.2) is 17.4 Å². The smallest absolute Gasteiger partial charge is 0.328 e. The van der Waals surface area contributed by atoms with Crippen molar-refractivity contribution in [2.24, 2.45) is 0 Å². The Morgan fingerprint density at radius 2 is 2.14 bits per heavy atom. The van der Waals surface area contributed by atoms with Crippen LogP contribution in [0.3, 0.4) is 0 Å². The average Bonchev–Trinajstić information content (AvgIpc) is 1.61. The molecule has 0 radical (unpaired) electrons. The normalized spacial score (nSPS) is 9.14. The molecule has 0 aliphatic carbocycles. The van der Waals surface area contributed by atoms with E-state index in [-0.39, 0.29) is 0 Å². The minimum Gasteiger partial charge on any atom is -0.478 e. The summed E-state index contributed by atoms with van der Waals surface area (Å²) < 4.78 is 0. The number of carboxylic acid groups (broad SMARTS) is 1. The maximum Gasteiger partial charge on any atom is 0.328 e. The van der Waals surface area contributed by atoms with Gasteiger partial charge in [0.2, 0.25) is 0 Å². The molecule has 0 aliphatic heterocycles. The van der Waals surface area contributed by atoms with E-state index >= 15 is 0 Å². The highest BCUT2D eigenvalue weighted by molar-refractivity contribution is 5.84. The lowest BCUT2D eigenvalue weighted by molar-refractivity contribution is -0.131. The molecule has 0 fully saturated rings. The van der Waals surface area contributed by atoms with Crippen LogP contribution in [0.4, 0.5) is 0 Å². The van der Waals surface area contributed by atoms with Gasteiger partial charge in [-0.1, -0.05) is 0 Å². The summed E-state index contributed by atoms with van der Waals surface area (Å²) in [6.45, 7) is 0. The number of carbonyl (C=O) groups is 2. The quantitative estimate of drug-likeness (QED) is 0.387. The molecule has 0 aromatic rings. The van der Waals surface area contributed by atoms with Crippen molar-refractivity contribution in [1.82, 2.24) is 0 Å². The topological polar surface area (TPSA) is 54.4 Å². The monoisotopic (exact) mass is 100 g/mol. The zero-order valence-electron chi connectivity index (χ0n) is 3.50. The van der Waals surface area contributed by atoms with Gasteiger partial charge in [0.05, 0.1) is 0 Å². The second-order valence-corrected chi connectivity index (χ2v) is 0.833. The number of hydrogen-bond acceptors (Lipinski definition) is 2. The highest BCUT2D eigenvalue weighted by atomic mass is 16.4. The molecule has 7 heavy (non-hydrogen) atoms. The second-order valence-electron chi connectivity index (χ2n) is 0.833. The van der Waals surface area contributed by atoms with Crippen molar-refractivity contribution in [3.8, 4) is 0 Å². The Labute approximate surface area is 40.3 Å². The van der Waals surface area contributed by atoms with Gasteiger partial charge >= 0.3 is 5.97 Å². The summed E-state index contributed by atoms with van der Waals surface area (Å²) in [6.07, 6.45) is 2.10. The molecule has 3 heteroatoms. The molecule has 1 N–H and O–H groups in total. The molecule has 0 aliphatic rings. The number of aliphatic carboxylic acids is 1. The number of allylic oxidation sites excluding steroid dienone is 1. The SMILES string of the molecule is O=CC=CC(=O)O. The third-order valence-corrected chi connectivity index (χ3v) is 0.317. The number of hydrogen-bond donors (Lipinski definition) is 1. The fourth-order valence-electron chi connectivity index (χ4n) is 0.122. The van der Waals surface area contributed by atoms with E-state index in [9.17, 15) is 9.59 Å². The van der Waals surface area contributed by atoms with Crippen molar-refractivity contribution in [2.45, 2.75) is 0 Å². The first-order valence-corrected chi connectivity index (χ1v) is 1.62. The molecule has 0 rings (SSSR count). The van der Waals surface area contributed by atoms with Crippen molar-refractivity contribution in [3.63, 3.8) is 0 Å². The molecular weight excluding hydrogens is 96.0 g/mol. The van der Waals surface area contributed by atoms with Crippen molar-refractivity contribution in [3.05, 3.63) is 12.2 Å². The summed E-state index contributed by atoms with van der Waals surface area (Å²) in [5, 5.41) is 7.80. The van der Waals surface area contributed by atoms with E-state index in [1.54, 1.807) is 0 Å². The lowest BCUT2D eigenvalue weighted by Gasteiger charge is -1.68. The summed E-state index contributed by atoms with van der Waals surface area (Å²) in [5.74, 6) is -1.10. The molecule has 0 aromatic carbocycles. The predicted molar refractivity (Wildman–Crippen MR) is 22.8 cm³/mol. The molecule has 0 spiro atoms. The maximum atomic E-state index is 9.51. The Kier molecular flexibility index (Phi) is 2.59. The lowest BCUT2D eigenvalue weighted by Crippen LogP contribution is -1.84. The Balaban J connectivity index is 3.46. The molecule has 0 unspecified atom stereocenters. The van der Waals surface area contributed by atoms with E-state index in [4.69, 9.17) is 5.11 Å². The third-order valence-electron chi connectivity index (χ3n) is 0.317. The molecular formula is C4H4O3. The predicted octanol–water partition coefficient (Wildman–Crippen LogP) is -0.174. The van der Waals surface area contributed by atoms with Crippen LogP contribution in [0, 0.1) is 0 Å². The van der Waals surface area contributed by atoms with E-state index in [1.807, 2.05) is 0 Å². The van der Waals surface area contributed by atoms with Crippen LogP contribution in [-0.2, 0) is 9.59 Å². The van der Waals surface area contributed by atoms with Crippen molar-refractivity contribution >= 4 is 12.3 Å². The Morgan fingerprint density at radius 3 is 2.29 bits per heavy atom. The Bertz CT molecular complexity index is 104.